The van der Waals surface area contributed by atoms with Crippen LogP contribution in [-0.4, -0.2) is 47.3 Å². The lowest BCUT2D eigenvalue weighted by Crippen LogP contribution is -2.50. The van der Waals surface area contributed by atoms with Crippen LogP contribution < -0.4 is 10.6 Å². The van der Waals surface area contributed by atoms with E-state index >= 15 is 0 Å². The summed E-state index contributed by atoms with van der Waals surface area (Å²) in [7, 11) is 0. The highest BCUT2D eigenvalue weighted by molar-refractivity contribution is 5.94. The van der Waals surface area contributed by atoms with Crippen LogP contribution in [0, 0.1) is 16.0 Å². The van der Waals surface area contributed by atoms with Gasteiger partial charge in [-0.3, -0.25) is 24.6 Å². The number of carbonyl (C=O) groups is 2. The number of hydrogen-bond donors (Lipinski definition) is 2. The van der Waals surface area contributed by atoms with E-state index in [1.165, 1.54) is 37.1 Å². The third-order valence-electron chi connectivity index (χ3n) is 5.43. The van der Waals surface area contributed by atoms with Crippen LogP contribution in [0.3, 0.4) is 0 Å². The van der Waals surface area contributed by atoms with Gasteiger partial charge in [0.2, 0.25) is 11.8 Å². The second-order valence-electron chi connectivity index (χ2n) is 7.65. The molecular formula is C21H32N4O4. The molecule has 1 aromatic carbocycles. The summed E-state index contributed by atoms with van der Waals surface area (Å²) in [6, 6.07) is 5.39. The molecule has 2 rings (SSSR count). The molecule has 1 saturated heterocycles. The fourth-order valence-corrected chi connectivity index (χ4v) is 3.56. The molecule has 0 aliphatic carbocycles. The minimum absolute atomic E-state index is 0.0179. The number of non-ortho nitro benzene ring substituents is 1. The maximum absolute atomic E-state index is 12.6. The molecule has 29 heavy (non-hydrogen) atoms. The third kappa shape index (κ3) is 7.12. The summed E-state index contributed by atoms with van der Waals surface area (Å²) in [6.45, 7) is 6.04. The molecule has 160 valence electrons. The highest BCUT2D eigenvalue weighted by Gasteiger charge is 2.30. The number of amides is 2. The van der Waals surface area contributed by atoms with Crippen molar-refractivity contribution in [2.24, 2.45) is 5.92 Å². The molecule has 2 atom stereocenters. The topological polar surface area (TPSA) is 105 Å². The molecule has 1 aliphatic heterocycles. The highest BCUT2D eigenvalue weighted by Crippen LogP contribution is 2.20. The van der Waals surface area contributed by atoms with E-state index in [9.17, 15) is 19.7 Å². The number of carbonyl (C=O) groups excluding carboxylic acids is 2. The number of piperidine rings is 1. The second kappa shape index (κ2) is 11.5. The summed E-state index contributed by atoms with van der Waals surface area (Å²) < 4.78 is 0. The van der Waals surface area contributed by atoms with E-state index in [2.05, 4.69) is 17.6 Å². The van der Waals surface area contributed by atoms with Crippen LogP contribution in [0.4, 0.5) is 11.4 Å². The number of benzene rings is 1. The predicted octanol–water partition coefficient (Wildman–Crippen LogP) is 3.33. The number of unbranched alkanes of at least 4 members (excludes halogenated alkanes) is 3. The first-order valence-corrected chi connectivity index (χ1v) is 10.5. The monoisotopic (exact) mass is 404 g/mol. The highest BCUT2D eigenvalue weighted by atomic mass is 16.6. The molecule has 2 N–H and O–H groups in total. The Morgan fingerprint density at radius 1 is 1.24 bits per heavy atom. The van der Waals surface area contributed by atoms with Crippen molar-refractivity contribution in [1.82, 2.24) is 10.2 Å². The van der Waals surface area contributed by atoms with Gasteiger partial charge in [-0.1, -0.05) is 26.2 Å². The number of nitro benzene ring substituents is 1. The normalized spacial score (nSPS) is 18.1. The SMILES string of the molecule is CCCCCCNC(=O)C1CCCN(C(C)C(=O)Nc2ccc([N+](=O)[O-])cc2)C1. The van der Waals surface area contributed by atoms with Gasteiger partial charge in [0.1, 0.15) is 0 Å². The Morgan fingerprint density at radius 2 is 1.97 bits per heavy atom. The van der Waals surface area contributed by atoms with Crippen LogP contribution in [-0.2, 0) is 9.59 Å². The van der Waals surface area contributed by atoms with E-state index < -0.39 is 4.92 Å². The molecule has 0 spiro atoms. The minimum atomic E-state index is -0.475. The Bertz CT molecular complexity index is 692. The molecule has 0 bridgehead atoms. The van der Waals surface area contributed by atoms with Crippen molar-refractivity contribution >= 4 is 23.2 Å². The van der Waals surface area contributed by atoms with Gasteiger partial charge in [0.25, 0.3) is 5.69 Å². The molecule has 8 nitrogen and oxygen atoms in total. The molecule has 2 amide bonds. The zero-order chi connectivity index (χ0) is 21.2. The van der Waals surface area contributed by atoms with Gasteiger partial charge in [-0.05, 0) is 44.9 Å². The van der Waals surface area contributed by atoms with Gasteiger partial charge in [0.15, 0.2) is 0 Å². The minimum Gasteiger partial charge on any atom is -0.356 e. The quantitative estimate of drug-likeness (QED) is 0.354. The molecule has 1 fully saturated rings. The van der Waals surface area contributed by atoms with Crippen LogP contribution in [0.15, 0.2) is 24.3 Å². The maximum atomic E-state index is 12.6. The lowest BCUT2D eigenvalue weighted by molar-refractivity contribution is -0.384. The van der Waals surface area contributed by atoms with Gasteiger partial charge in [-0.25, -0.2) is 0 Å². The van der Waals surface area contributed by atoms with Crippen molar-refractivity contribution in [3.05, 3.63) is 34.4 Å². The zero-order valence-corrected chi connectivity index (χ0v) is 17.4. The number of anilines is 1. The van der Waals surface area contributed by atoms with Gasteiger partial charge in [-0.15, -0.1) is 0 Å². The fraction of sp³-hybridized carbons (Fsp3) is 0.619. The number of nitrogens with one attached hydrogen (secondary N) is 2. The summed E-state index contributed by atoms with van der Waals surface area (Å²) in [5.41, 5.74) is 0.501. The number of nitrogens with zero attached hydrogens (tertiary/aromatic N) is 2. The maximum Gasteiger partial charge on any atom is 0.269 e. The fourth-order valence-electron chi connectivity index (χ4n) is 3.56. The van der Waals surface area contributed by atoms with Crippen molar-refractivity contribution in [3.8, 4) is 0 Å². The average Bonchev–Trinajstić information content (AvgIpc) is 2.73. The number of rotatable bonds is 10. The molecule has 1 aliphatic rings. The van der Waals surface area contributed by atoms with Crippen molar-refractivity contribution in [2.75, 3.05) is 25.0 Å². The van der Waals surface area contributed by atoms with Crippen LogP contribution in [0.1, 0.15) is 52.4 Å². The standard InChI is InChI=1S/C21H32N4O4/c1-3-4-5-6-13-22-21(27)17-8-7-14-24(15-17)16(2)20(26)23-18-9-11-19(12-10-18)25(28)29/h9-12,16-17H,3-8,13-15H2,1-2H3,(H,22,27)(H,23,26). The molecule has 8 heteroatoms. The zero-order valence-electron chi connectivity index (χ0n) is 17.4. The van der Waals surface area contributed by atoms with Gasteiger partial charge < -0.3 is 10.6 Å². The van der Waals surface area contributed by atoms with Crippen LogP contribution >= 0.6 is 0 Å². The Balaban J connectivity index is 1.83. The van der Waals surface area contributed by atoms with Crippen LogP contribution in [0.5, 0.6) is 0 Å². The largest absolute Gasteiger partial charge is 0.356 e. The summed E-state index contributed by atoms with van der Waals surface area (Å²) in [4.78, 5) is 37.3. The van der Waals surface area contributed by atoms with Gasteiger partial charge in [0.05, 0.1) is 16.9 Å². The van der Waals surface area contributed by atoms with E-state index in [-0.39, 0.29) is 29.5 Å². The Hall–Kier alpha value is -2.48. The van der Waals surface area contributed by atoms with Crippen molar-refractivity contribution < 1.29 is 14.5 Å². The smallest absolute Gasteiger partial charge is 0.269 e. The van der Waals surface area contributed by atoms with Crippen molar-refractivity contribution in [3.63, 3.8) is 0 Å². The summed E-state index contributed by atoms with van der Waals surface area (Å²) in [5.74, 6) is -0.196. The molecule has 0 aromatic heterocycles. The first kappa shape index (κ1) is 22.8. The van der Waals surface area contributed by atoms with Gasteiger partial charge >= 0.3 is 0 Å². The molecule has 2 unspecified atom stereocenters. The molecule has 0 radical (unpaired) electrons. The van der Waals surface area contributed by atoms with Crippen LogP contribution in [0.25, 0.3) is 0 Å². The molecular weight excluding hydrogens is 372 g/mol. The summed E-state index contributed by atoms with van der Waals surface area (Å²) >= 11 is 0. The Kier molecular flexibility index (Phi) is 9.05. The third-order valence-corrected chi connectivity index (χ3v) is 5.43. The first-order valence-electron chi connectivity index (χ1n) is 10.5. The number of nitro groups is 1. The van der Waals surface area contributed by atoms with E-state index in [1.54, 1.807) is 0 Å². The number of likely N-dealkylation sites (tertiary alicyclic amines) is 1. The second-order valence-corrected chi connectivity index (χ2v) is 7.65. The van der Waals surface area contributed by atoms with E-state index in [0.29, 0.717) is 18.8 Å². The summed E-state index contributed by atoms with van der Waals surface area (Å²) in [6.07, 6.45) is 6.22. The van der Waals surface area contributed by atoms with E-state index in [4.69, 9.17) is 0 Å². The van der Waals surface area contributed by atoms with Gasteiger partial charge in [-0.2, -0.15) is 0 Å². The van der Waals surface area contributed by atoms with E-state index in [0.717, 1.165) is 32.2 Å². The van der Waals surface area contributed by atoms with Gasteiger partial charge in [0, 0.05) is 30.9 Å². The van der Waals surface area contributed by atoms with Crippen molar-refractivity contribution in [2.45, 2.75) is 58.4 Å². The average molecular weight is 405 g/mol. The lowest BCUT2D eigenvalue weighted by atomic mass is 9.95. The predicted molar refractivity (Wildman–Crippen MR) is 113 cm³/mol. The Morgan fingerprint density at radius 3 is 2.62 bits per heavy atom. The molecule has 1 aromatic rings. The van der Waals surface area contributed by atoms with E-state index in [1.807, 2.05) is 11.8 Å². The Labute approximate surface area is 172 Å². The molecule has 0 saturated carbocycles. The lowest BCUT2D eigenvalue weighted by Gasteiger charge is -2.35. The van der Waals surface area contributed by atoms with Crippen LogP contribution in [0.2, 0.25) is 0 Å². The summed E-state index contributed by atoms with van der Waals surface area (Å²) in [5, 5.41) is 16.6. The molecule has 1 heterocycles. The first-order chi connectivity index (χ1) is 13.9. The number of hydrogen-bond acceptors (Lipinski definition) is 5. The van der Waals surface area contributed by atoms with Crippen molar-refractivity contribution in [1.29, 1.82) is 0 Å².